The number of nitrogens with zero attached hydrogens (tertiary/aromatic N) is 1. The van der Waals surface area contributed by atoms with Gasteiger partial charge in [0.2, 0.25) is 0 Å². The Balaban J connectivity index is 1.40. The lowest BCUT2D eigenvalue weighted by atomic mass is 10.1. The molecule has 8 heteroatoms. The number of carbonyl (C=O) groups is 4. The molecule has 0 N–H and O–H groups in total. The van der Waals surface area contributed by atoms with Crippen LogP contribution < -0.4 is 9.47 Å². The molecule has 0 fully saturated rings. The van der Waals surface area contributed by atoms with E-state index in [1.54, 1.807) is 24.3 Å². The number of hydrogen-bond donors (Lipinski definition) is 0. The van der Waals surface area contributed by atoms with Crippen molar-refractivity contribution in [3.05, 3.63) is 59.2 Å². The van der Waals surface area contributed by atoms with Crippen molar-refractivity contribution in [2.45, 2.75) is 13.0 Å². The SMILES string of the molecule is C[C@H](C(=O)OCC(=O)c1ccc2c(c1)OCCO2)N1C(=O)c2ccccc2C1=O. The molecule has 8 nitrogen and oxygen atoms in total. The molecule has 0 saturated carbocycles. The Morgan fingerprint density at radius 1 is 1.00 bits per heavy atom. The summed E-state index contributed by atoms with van der Waals surface area (Å²) < 4.78 is 15.9. The first-order valence-electron chi connectivity index (χ1n) is 9.04. The van der Waals surface area contributed by atoms with Crippen molar-refractivity contribution in [3.63, 3.8) is 0 Å². The molecule has 0 aromatic heterocycles. The summed E-state index contributed by atoms with van der Waals surface area (Å²) in [7, 11) is 0. The number of fused-ring (bicyclic) bond motifs is 2. The Labute approximate surface area is 166 Å². The number of rotatable bonds is 5. The Bertz CT molecular complexity index is 994. The second-order valence-electron chi connectivity index (χ2n) is 6.59. The van der Waals surface area contributed by atoms with Gasteiger partial charge in [0.25, 0.3) is 11.8 Å². The minimum absolute atomic E-state index is 0.240. The Hall–Kier alpha value is -3.68. The maximum absolute atomic E-state index is 12.5. The van der Waals surface area contributed by atoms with Gasteiger partial charge in [0.15, 0.2) is 23.9 Å². The number of ketones is 1. The molecule has 2 heterocycles. The summed E-state index contributed by atoms with van der Waals surface area (Å²) in [6, 6.07) is 9.87. The van der Waals surface area contributed by atoms with E-state index in [1.165, 1.54) is 25.1 Å². The molecule has 0 aliphatic carbocycles. The quantitative estimate of drug-likeness (QED) is 0.433. The number of carbonyl (C=O) groups excluding carboxylic acids is 4. The molecule has 2 aromatic rings. The largest absolute Gasteiger partial charge is 0.486 e. The molecule has 0 unspecified atom stereocenters. The van der Waals surface area contributed by atoms with Gasteiger partial charge in [0.1, 0.15) is 19.3 Å². The van der Waals surface area contributed by atoms with E-state index < -0.39 is 36.2 Å². The van der Waals surface area contributed by atoms with Gasteiger partial charge in [0, 0.05) is 5.56 Å². The van der Waals surface area contributed by atoms with Crippen LogP contribution in [-0.4, -0.2) is 54.3 Å². The second-order valence-corrected chi connectivity index (χ2v) is 6.59. The minimum atomic E-state index is -1.16. The van der Waals surface area contributed by atoms with Crippen LogP contribution in [0.3, 0.4) is 0 Å². The van der Waals surface area contributed by atoms with Crippen LogP contribution in [0, 0.1) is 0 Å². The standard InChI is InChI=1S/C21H17NO7/c1-12(22-19(24)14-4-2-3-5-15(14)20(22)25)21(26)29-11-16(23)13-6-7-17-18(10-13)28-9-8-27-17/h2-7,10,12H,8-9,11H2,1H3/t12-/m1/s1. The topological polar surface area (TPSA) is 99.2 Å². The van der Waals surface area contributed by atoms with Crippen molar-refractivity contribution >= 4 is 23.6 Å². The van der Waals surface area contributed by atoms with Gasteiger partial charge in [0.05, 0.1) is 11.1 Å². The lowest BCUT2D eigenvalue weighted by Crippen LogP contribution is -2.44. The monoisotopic (exact) mass is 395 g/mol. The van der Waals surface area contributed by atoms with Gasteiger partial charge < -0.3 is 14.2 Å². The predicted octanol–water partition coefficient (Wildman–Crippen LogP) is 1.87. The Morgan fingerprint density at radius 2 is 1.62 bits per heavy atom. The van der Waals surface area contributed by atoms with Gasteiger partial charge in [-0.3, -0.25) is 19.3 Å². The van der Waals surface area contributed by atoms with Crippen molar-refractivity contribution in [1.29, 1.82) is 0 Å². The molecule has 2 aliphatic rings. The van der Waals surface area contributed by atoms with Gasteiger partial charge >= 0.3 is 5.97 Å². The van der Waals surface area contributed by atoms with Crippen molar-refractivity contribution in [1.82, 2.24) is 4.90 Å². The van der Waals surface area contributed by atoms with E-state index in [0.717, 1.165) is 4.90 Å². The highest BCUT2D eigenvalue weighted by Gasteiger charge is 2.41. The molecule has 0 radical (unpaired) electrons. The molecule has 4 rings (SSSR count). The highest BCUT2D eigenvalue weighted by atomic mass is 16.6. The predicted molar refractivity (Wildman–Crippen MR) is 99.1 cm³/mol. The summed E-state index contributed by atoms with van der Waals surface area (Å²) in [5.74, 6) is -1.41. The molecule has 0 spiro atoms. The smallest absolute Gasteiger partial charge is 0.329 e. The van der Waals surface area contributed by atoms with Crippen molar-refractivity contribution in [2.24, 2.45) is 0 Å². The Morgan fingerprint density at radius 3 is 2.28 bits per heavy atom. The zero-order valence-corrected chi connectivity index (χ0v) is 15.5. The fourth-order valence-electron chi connectivity index (χ4n) is 3.22. The van der Waals surface area contributed by atoms with E-state index in [1.807, 2.05) is 0 Å². The number of Topliss-reactive ketones (excluding diaryl/α,β-unsaturated/α-hetero) is 1. The first-order valence-corrected chi connectivity index (χ1v) is 9.04. The van der Waals surface area contributed by atoms with Crippen LogP contribution in [0.15, 0.2) is 42.5 Å². The summed E-state index contributed by atoms with van der Waals surface area (Å²) >= 11 is 0. The molecule has 29 heavy (non-hydrogen) atoms. The van der Waals surface area contributed by atoms with Crippen LogP contribution in [0.25, 0.3) is 0 Å². The summed E-state index contributed by atoms with van der Waals surface area (Å²) in [5, 5.41) is 0. The molecule has 2 aromatic carbocycles. The van der Waals surface area contributed by atoms with Crippen LogP contribution >= 0.6 is 0 Å². The van der Waals surface area contributed by atoms with E-state index in [2.05, 4.69) is 0 Å². The fourth-order valence-corrected chi connectivity index (χ4v) is 3.22. The third kappa shape index (κ3) is 3.33. The van der Waals surface area contributed by atoms with Crippen molar-refractivity contribution in [2.75, 3.05) is 19.8 Å². The minimum Gasteiger partial charge on any atom is -0.486 e. The van der Waals surface area contributed by atoms with Gasteiger partial charge in [-0.15, -0.1) is 0 Å². The highest BCUT2D eigenvalue weighted by Crippen LogP contribution is 2.31. The Kier molecular flexibility index (Phi) is 4.75. The lowest BCUT2D eigenvalue weighted by Gasteiger charge is -2.21. The lowest BCUT2D eigenvalue weighted by molar-refractivity contribution is -0.146. The summed E-state index contributed by atoms with van der Waals surface area (Å²) in [6.45, 7) is 1.69. The number of esters is 1. The first-order chi connectivity index (χ1) is 14.0. The van der Waals surface area contributed by atoms with Crippen LogP contribution in [0.4, 0.5) is 0 Å². The van der Waals surface area contributed by atoms with Gasteiger partial charge in [-0.1, -0.05) is 12.1 Å². The number of amides is 2. The molecule has 1 atom stereocenters. The van der Waals surface area contributed by atoms with Crippen LogP contribution in [0.2, 0.25) is 0 Å². The van der Waals surface area contributed by atoms with Crippen molar-refractivity contribution < 1.29 is 33.4 Å². The number of ether oxygens (including phenoxy) is 3. The van der Waals surface area contributed by atoms with E-state index in [9.17, 15) is 19.2 Å². The number of hydrogen-bond acceptors (Lipinski definition) is 7. The zero-order valence-electron chi connectivity index (χ0n) is 15.5. The van der Waals surface area contributed by atoms with Crippen LogP contribution in [0.5, 0.6) is 11.5 Å². The molecule has 0 saturated heterocycles. The molecular weight excluding hydrogens is 378 g/mol. The second kappa shape index (κ2) is 7.38. The summed E-state index contributed by atoms with van der Waals surface area (Å²) in [4.78, 5) is 50.5. The average Bonchev–Trinajstić information content (AvgIpc) is 3.01. The van der Waals surface area contributed by atoms with E-state index >= 15 is 0 Å². The normalized spacial score (nSPS) is 15.7. The zero-order chi connectivity index (χ0) is 20.5. The molecular formula is C21H17NO7. The average molecular weight is 395 g/mol. The maximum atomic E-state index is 12.5. The van der Waals surface area contributed by atoms with Crippen LogP contribution in [-0.2, 0) is 9.53 Å². The first kappa shape index (κ1) is 18.7. The molecule has 148 valence electrons. The van der Waals surface area contributed by atoms with Gasteiger partial charge in [-0.05, 0) is 37.3 Å². The summed E-state index contributed by atoms with van der Waals surface area (Å²) in [5.41, 5.74) is 0.782. The van der Waals surface area contributed by atoms with Gasteiger partial charge in [-0.25, -0.2) is 4.79 Å². The third-order valence-electron chi connectivity index (χ3n) is 4.76. The maximum Gasteiger partial charge on any atom is 0.329 e. The summed E-state index contributed by atoms with van der Waals surface area (Å²) in [6.07, 6.45) is 0. The van der Waals surface area contributed by atoms with E-state index in [0.29, 0.717) is 30.3 Å². The van der Waals surface area contributed by atoms with Crippen molar-refractivity contribution in [3.8, 4) is 11.5 Å². The fraction of sp³-hybridized carbons (Fsp3) is 0.238. The highest BCUT2D eigenvalue weighted by molar-refractivity contribution is 6.22. The van der Waals surface area contributed by atoms with E-state index in [4.69, 9.17) is 14.2 Å². The molecule has 2 aliphatic heterocycles. The van der Waals surface area contributed by atoms with Gasteiger partial charge in [-0.2, -0.15) is 0 Å². The number of imide groups is 1. The number of benzene rings is 2. The molecule has 2 amide bonds. The third-order valence-corrected chi connectivity index (χ3v) is 4.76. The van der Waals surface area contributed by atoms with E-state index in [-0.39, 0.29) is 11.1 Å². The molecule has 0 bridgehead atoms. The van der Waals surface area contributed by atoms with Crippen LogP contribution in [0.1, 0.15) is 38.0 Å².